The molecule has 1 aromatic rings. The third-order valence-electron chi connectivity index (χ3n) is 3.79. The zero-order valence-electron chi connectivity index (χ0n) is 10.9. The van der Waals surface area contributed by atoms with E-state index in [4.69, 9.17) is 11.6 Å². The molecular formula is C15H22ClN. The highest BCUT2D eigenvalue weighted by molar-refractivity contribution is 6.31. The van der Waals surface area contributed by atoms with Gasteiger partial charge in [0.25, 0.3) is 0 Å². The van der Waals surface area contributed by atoms with Gasteiger partial charge in [-0.2, -0.15) is 0 Å². The molecule has 0 N–H and O–H groups in total. The minimum atomic E-state index is 0.836. The minimum absolute atomic E-state index is 0.836. The normalized spacial score (nSPS) is 17.1. The van der Waals surface area contributed by atoms with Gasteiger partial charge in [-0.1, -0.05) is 49.8 Å². The Bertz CT molecular complexity index is 367. The fourth-order valence-electron chi connectivity index (χ4n) is 2.85. The summed E-state index contributed by atoms with van der Waals surface area (Å²) < 4.78 is 0. The molecule has 0 saturated heterocycles. The lowest BCUT2D eigenvalue weighted by atomic mass is 9.84. The molecule has 0 aliphatic heterocycles. The zero-order valence-corrected chi connectivity index (χ0v) is 11.6. The molecule has 0 amide bonds. The maximum atomic E-state index is 6.37. The van der Waals surface area contributed by atoms with Crippen molar-refractivity contribution in [3.8, 4) is 0 Å². The van der Waals surface area contributed by atoms with Gasteiger partial charge < -0.3 is 4.90 Å². The molecule has 2 heteroatoms. The van der Waals surface area contributed by atoms with Crippen LogP contribution in [-0.2, 0) is 6.42 Å². The molecule has 1 aliphatic carbocycles. The SMILES string of the molecule is CN(C)c1cccc(Cl)c1CC1CCCCC1. The monoisotopic (exact) mass is 251 g/mol. The molecule has 1 aliphatic rings. The van der Waals surface area contributed by atoms with Crippen LogP contribution in [0, 0.1) is 5.92 Å². The Hall–Kier alpha value is -0.690. The summed E-state index contributed by atoms with van der Waals surface area (Å²) >= 11 is 6.37. The molecule has 17 heavy (non-hydrogen) atoms. The summed E-state index contributed by atoms with van der Waals surface area (Å²) in [5.74, 6) is 0.836. The number of anilines is 1. The van der Waals surface area contributed by atoms with Crippen LogP contribution in [0.1, 0.15) is 37.7 Å². The third kappa shape index (κ3) is 3.16. The van der Waals surface area contributed by atoms with Gasteiger partial charge in [0.05, 0.1) is 0 Å². The van der Waals surface area contributed by atoms with Crippen molar-refractivity contribution in [3.05, 3.63) is 28.8 Å². The van der Waals surface area contributed by atoms with Gasteiger partial charge in [0.15, 0.2) is 0 Å². The Morgan fingerprint density at radius 2 is 1.88 bits per heavy atom. The molecule has 94 valence electrons. The topological polar surface area (TPSA) is 3.24 Å². The summed E-state index contributed by atoms with van der Waals surface area (Å²) in [5.41, 5.74) is 2.62. The number of hydrogen-bond donors (Lipinski definition) is 0. The maximum Gasteiger partial charge on any atom is 0.0458 e. The molecule has 0 aromatic heterocycles. The lowest BCUT2D eigenvalue weighted by Gasteiger charge is -2.25. The molecule has 1 aromatic carbocycles. The Balaban J connectivity index is 2.18. The summed E-state index contributed by atoms with van der Waals surface area (Å²) in [5, 5.41) is 0.932. The molecule has 0 spiro atoms. The van der Waals surface area contributed by atoms with Crippen LogP contribution in [0.15, 0.2) is 18.2 Å². The van der Waals surface area contributed by atoms with Crippen LogP contribution in [0.5, 0.6) is 0 Å². The van der Waals surface area contributed by atoms with Crippen LogP contribution in [0.2, 0.25) is 5.02 Å². The van der Waals surface area contributed by atoms with Crippen molar-refractivity contribution >= 4 is 17.3 Å². The van der Waals surface area contributed by atoms with Crippen LogP contribution >= 0.6 is 11.6 Å². The van der Waals surface area contributed by atoms with Gasteiger partial charge >= 0.3 is 0 Å². The standard InChI is InChI=1S/C15H22ClN/c1-17(2)15-10-6-9-14(16)13(15)11-12-7-4-3-5-8-12/h6,9-10,12H,3-5,7-8,11H2,1-2H3. The van der Waals surface area contributed by atoms with Crippen molar-refractivity contribution in [1.29, 1.82) is 0 Å². The van der Waals surface area contributed by atoms with Gasteiger partial charge in [0, 0.05) is 24.8 Å². The summed E-state index contributed by atoms with van der Waals surface area (Å²) in [6, 6.07) is 6.23. The smallest absolute Gasteiger partial charge is 0.0458 e. The van der Waals surface area contributed by atoms with Gasteiger partial charge in [-0.3, -0.25) is 0 Å². The average molecular weight is 252 g/mol. The van der Waals surface area contributed by atoms with Crippen molar-refractivity contribution in [1.82, 2.24) is 0 Å². The van der Waals surface area contributed by atoms with Crippen LogP contribution in [0.25, 0.3) is 0 Å². The summed E-state index contributed by atoms with van der Waals surface area (Å²) in [6.45, 7) is 0. The van der Waals surface area contributed by atoms with E-state index < -0.39 is 0 Å². The number of nitrogens with zero attached hydrogens (tertiary/aromatic N) is 1. The second-order valence-corrected chi connectivity index (χ2v) is 5.75. The van der Waals surface area contributed by atoms with Crippen molar-refractivity contribution in [2.75, 3.05) is 19.0 Å². The third-order valence-corrected chi connectivity index (χ3v) is 4.15. The van der Waals surface area contributed by atoms with Crippen molar-refractivity contribution in [2.24, 2.45) is 5.92 Å². The highest BCUT2D eigenvalue weighted by Crippen LogP contribution is 2.33. The molecule has 0 heterocycles. The van der Waals surface area contributed by atoms with E-state index in [0.29, 0.717) is 0 Å². The number of rotatable bonds is 3. The lowest BCUT2D eigenvalue weighted by Crippen LogP contribution is -2.15. The highest BCUT2D eigenvalue weighted by Gasteiger charge is 2.17. The molecular weight excluding hydrogens is 230 g/mol. The van der Waals surface area contributed by atoms with Gasteiger partial charge in [-0.05, 0) is 30.0 Å². The van der Waals surface area contributed by atoms with Crippen molar-refractivity contribution in [2.45, 2.75) is 38.5 Å². The predicted octanol–water partition coefficient (Wildman–Crippen LogP) is 4.53. The van der Waals surface area contributed by atoms with E-state index in [-0.39, 0.29) is 0 Å². The van der Waals surface area contributed by atoms with E-state index in [2.05, 4.69) is 25.1 Å². The first-order valence-corrected chi connectivity index (χ1v) is 7.01. The molecule has 0 unspecified atom stereocenters. The second-order valence-electron chi connectivity index (χ2n) is 5.34. The fourth-order valence-corrected chi connectivity index (χ4v) is 3.09. The Labute approximate surface area is 110 Å². The van der Waals surface area contributed by atoms with Gasteiger partial charge in [-0.15, -0.1) is 0 Å². The van der Waals surface area contributed by atoms with E-state index in [9.17, 15) is 0 Å². The summed E-state index contributed by atoms with van der Waals surface area (Å²) in [4.78, 5) is 2.17. The Morgan fingerprint density at radius 3 is 2.53 bits per heavy atom. The Morgan fingerprint density at radius 1 is 1.18 bits per heavy atom. The van der Waals surface area contributed by atoms with Gasteiger partial charge in [0.2, 0.25) is 0 Å². The maximum absolute atomic E-state index is 6.37. The lowest BCUT2D eigenvalue weighted by molar-refractivity contribution is 0.357. The van der Waals surface area contributed by atoms with Crippen LogP contribution in [-0.4, -0.2) is 14.1 Å². The van der Waals surface area contributed by atoms with Crippen LogP contribution < -0.4 is 4.90 Å². The molecule has 2 rings (SSSR count). The number of benzene rings is 1. The van der Waals surface area contributed by atoms with Crippen LogP contribution in [0.3, 0.4) is 0 Å². The van der Waals surface area contributed by atoms with E-state index >= 15 is 0 Å². The first-order chi connectivity index (χ1) is 8.18. The van der Waals surface area contributed by atoms with Crippen molar-refractivity contribution < 1.29 is 0 Å². The summed E-state index contributed by atoms with van der Waals surface area (Å²) in [7, 11) is 4.19. The average Bonchev–Trinajstić information content (AvgIpc) is 2.33. The quantitative estimate of drug-likeness (QED) is 0.763. The molecule has 1 nitrogen and oxygen atoms in total. The van der Waals surface area contributed by atoms with E-state index in [0.717, 1.165) is 17.4 Å². The first-order valence-electron chi connectivity index (χ1n) is 6.63. The minimum Gasteiger partial charge on any atom is -0.377 e. The van der Waals surface area contributed by atoms with Crippen molar-refractivity contribution in [3.63, 3.8) is 0 Å². The zero-order chi connectivity index (χ0) is 12.3. The largest absolute Gasteiger partial charge is 0.377 e. The fraction of sp³-hybridized carbons (Fsp3) is 0.600. The molecule has 0 radical (unpaired) electrons. The van der Waals surface area contributed by atoms with Gasteiger partial charge in [0.1, 0.15) is 0 Å². The van der Waals surface area contributed by atoms with Gasteiger partial charge in [-0.25, -0.2) is 0 Å². The first kappa shape index (κ1) is 12.8. The number of hydrogen-bond acceptors (Lipinski definition) is 1. The highest BCUT2D eigenvalue weighted by atomic mass is 35.5. The molecule has 1 saturated carbocycles. The Kier molecular flexibility index (Phi) is 4.33. The van der Waals surface area contributed by atoms with E-state index in [1.165, 1.54) is 43.4 Å². The van der Waals surface area contributed by atoms with E-state index in [1.807, 2.05) is 12.1 Å². The van der Waals surface area contributed by atoms with Crippen LogP contribution in [0.4, 0.5) is 5.69 Å². The molecule has 0 bridgehead atoms. The van der Waals surface area contributed by atoms with E-state index in [1.54, 1.807) is 0 Å². The number of halogens is 1. The molecule has 0 atom stereocenters. The molecule has 1 fully saturated rings. The summed E-state index contributed by atoms with van der Waals surface area (Å²) in [6.07, 6.45) is 8.10. The second kappa shape index (κ2) is 5.77. The predicted molar refractivity (Wildman–Crippen MR) is 76.1 cm³/mol.